The van der Waals surface area contributed by atoms with E-state index in [9.17, 15) is 9.59 Å². The molecule has 0 radical (unpaired) electrons. The van der Waals surface area contributed by atoms with E-state index in [1.165, 1.54) is 9.80 Å². The van der Waals surface area contributed by atoms with Crippen molar-refractivity contribution in [3.63, 3.8) is 0 Å². The Bertz CT molecular complexity index is 525. The van der Waals surface area contributed by atoms with Gasteiger partial charge in [0.25, 0.3) is 0 Å². The minimum Gasteiger partial charge on any atom is -0.351 e. The zero-order valence-electron chi connectivity index (χ0n) is 11.7. The molecule has 0 spiro atoms. The molecule has 0 fully saturated rings. The van der Waals surface area contributed by atoms with Crippen LogP contribution in [0.2, 0.25) is 0 Å². The third-order valence-corrected chi connectivity index (χ3v) is 3.28. The molecule has 0 bridgehead atoms. The van der Waals surface area contributed by atoms with Crippen molar-refractivity contribution in [2.45, 2.75) is 6.92 Å². The fourth-order valence-corrected chi connectivity index (χ4v) is 2.28. The molecule has 21 heavy (non-hydrogen) atoms. The van der Waals surface area contributed by atoms with Crippen LogP contribution in [0.15, 0.2) is 18.2 Å². The molecule has 8 heteroatoms. The van der Waals surface area contributed by atoms with E-state index in [4.69, 9.17) is 34.7 Å². The second-order valence-corrected chi connectivity index (χ2v) is 5.08. The molecule has 0 atom stereocenters. The van der Waals surface area contributed by atoms with Gasteiger partial charge in [-0.25, -0.2) is 9.59 Å². The Morgan fingerprint density at radius 2 is 1.57 bits per heavy atom. The number of hydrogen-bond donors (Lipinski definition) is 2. The van der Waals surface area contributed by atoms with Crippen molar-refractivity contribution >= 4 is 46.6 Å². The van der Waals surface area contributed by atoms with Crippen molar-refractivity contribution in [2.24, 2.45) is 11.5 Å². The Balaban J connectivity index is 3.24. The predicted molar refractivity (Wildman–Crippen MR) is 86.5 cm³/mol. The maximum atomic E-state index is 11.5. The van der Waals surface area contributed by atoms with Crippen LogP contribution in [0, 0.1) is 6.92 Å². The SMILES string of the molecule is Cc1ccc(N(CCCl)C(N)=O)cc1N(CCCl)C(N)=O. The summed E-state index contributed by atoms with van der Waals surface area (Å²) in [5.74, 6) is 0.487. The van der Waals surface area contributed by atoms with Crippen molar-refractivity contribution in [3.8, 4) is 0 Å². The summed E-state index contributed by atoms with van der Waals surface area (Å²) in [4.78, 5) is 25.7. The number of carbonyl (C=O) groups excluding carboxylic acids is 2. The number of amides is 4. The number of alkyl halides is 2. The Morgan fingerprint density at radius 1 is 1.05 bits per heavy atom. The van der Waals surface area contributed by atoms with Gasteiger partial charge in [-0.15, -0.1) is 23.2 Å². The van der Waals surface area contributed by atoms with Gasteiger partial charge in [-0.05, 0) is 24.6 Å². The topological polar surface area (TPSA) is 92.7 Å². The van der Waals surface area contributed by atoms with E-state index in [0.717, 1.165) is 5.56 Å². The summed E-state index contributed by atoms with van der Waals surface area (Å²) in [6, 6.07) is 3.95. The highest BCUT2D eigenvalue weighted by molar-refractivity contribution is 6.18. The molecule has 0 saturated heterocycles. The van der Waals surface area contributed by atoms with Gasteiger partial charge in [0.2, 0.25) is 0 Å². The smallest absolute Gasteiger partial charge is 0.319 e. The number of benzene rings is 1. The summed E-state index contributed by atoms with van der Waals surface area (Å²) < 4.78 is 0. The third-order valence-electron chi connectivity index (χ3n) is 2.94. The van der Waals surface area contributed by atoms with Gasteiger partial charge in [-0.3, -0.25) is 9.80 Å². The van der Waals surface area contributed by atoms with Gasteiger partial charge in [0.1, 0.15) is 0 Å². The quantitative estimate of drug-likeness (QED) is 0.782. The first-order valence-corrected chi connectivity index (χ1v) is 7.35. The fourth-order valence-electron chi connectivity index (χ4n) is 1.94. The molecular weight excluding hydrogens is 315 g/mol. The molecule has 4 amide bonds. The first kappa shape index (κ1) is 17.4. The maximum absolute atomic E-state index is 11.5. The van der Waals surface area contributed by atoms with E-state index in [-0.39, 0.29) is 24.8 Å². The van der Waals surface area contributed by atoms with Gasteiger partial charge in [0.05, 0.1) is 5.69 Å². The van der Waals surface area contributed by atoms with E-state index in [0.29, 0.717) is 11.4 Å². The first-order chi connectivity index (χ1) is 9.92. The summed E-state index contributed by atoms with van der Waals surface area (Å²) in [5.41, 5.74) is 12.7. The van der Waals surface area contributed by atoms with E-state index in [1.807, 2.05) is 6.92 Å². The first-order valence-electron chi connectivity index (χ1n) is 6.29. The number of nitrogens with zero attached hydrogens (tertiary/aromatic N) is 2. The monoisotopic (exact) mass is 332 g/mol. The summed E-state index contributed by atoms with van der Waals surface area (Å²) >= 11 is 11.4. The van der Waals surface area contributed by atoms with Crippen molar-refractivity contribution in [1.82, 2.24) is 0 Å². The lowest BCUT2D eigenvalue weighted by molar-refractivity contribution is 0.253. The zero-order chi connectivity index (χ0) is 16.0. The molecule has 1 aromatic rings. The average Bonchev–Trinajstić information content (AvgIpc) is 2.43. The lowest BCUT2D eigenvalue weighted by Gasteiger charge is -2.25. The van der Waals surface area contributed by atoms with Gasteiger partial charge >= 0.3 is 12.1 Å². The van der Waals surface area contributed by atoms with Crippen LogP contribution in [0.3, 0.4) is 0 Å². The van der Waals surface area contributed by atoms with Gasteiger partial charge in [0.15, 0.2) is 0 Å². The number of rotatable bonds is 6. The molecule has 0 aliphatic heterocycles. The van der Waals surface area contributed by atoms with Crippen molar-refractivity contribution < 1.29 is 9.59 Å². The second-order valence-electron chi connectivity index (χ2n) is 4.33. The van der Waals surface area contributed by atoms with E-state index in [2.05, 4.69) is 0 Å². The van der Waals surface area contributed by atoms with Gasteiger partial charge < -0.3 is 11.5 Å². The van der Waals surface area contributed by atoms with Gasteiger partial charge in [0, 0.05) is 30.5 Å². The van der Waals surface area contributed by atoms with Crippen molar-refractivity contribution in [2.75, 3.05) is 34.6 Å². The normalized spacial score (nSPS) is 10.2. The summed E-state index contributed by atoms with van der Waals surface area (Å²) in [5, 5.41) is 0. The fraction of sp³-hybridized carbons (Fsp3) is 0.385. The summed E-state index contributed by atoms with van der Waals surface area (Å²) in [7, 11) is 0. The van der Waals surface area contributed by atoms with Crippen LogP contribution in [0.1, 0.15) is 5.56 Å². The van der Waals surface area contributed by atoms with Crippen LogP contribution in [0.4, 0.5) is 21.0 Å². The largest absolute Gasteiger partial charge is 0.351 e. The Kier molecular flexibility index (Phi) is 6.58. The highest BCUT2D eigenvalue weighted by Gasteiger charge is 2.18. The lowest BCUT2D eigenvalue weighted by Crippen LogP contribution is -2.39. The minimum atomic E-state index is -0.617. The van der Waals surface area contributed by atoms with E-state index in [1.54, 1.807) is 18.2 Å². The predicted octanol–water partition coefficient (Wildman–Crippen LogP) is 2.24. The standard InChI is InChI=1S/C13H18Cl2N4O2/c1-9-2-3-10(18(6-4-14)12(16)20)8-11(9)19(7-5-15)13(17)21/h2-3,8H,4-7H2,1H3,(H2,16,20)(H2,17,21). The molecular formula is C13H18Cl2N4O2. The molecule has 0 aliphatic rings. The highest BCUT2D eigenvalue weighted by Crippen LogP contribution is 2.26. The van der Waals surface area contributed by atoms with Crippen LogP contribution in [-0.2, 0) is 0 Å². The molecule has 4 N–H and O–H groups in total. The third kappa shape index (κ3) is 4.41. The summed E-state index contributed by atoms with van der Waals surface area (Å²) in [6.07, 6.45) is 0. The lowest BCUT2D eigenvalue weighted by atomic mass is 10.1. The Hall–Kier alpha value is -1.66. The van der Waals surface area contributed by atoms with Crippen LogP contribution in [0.5, 0.6) is 0 Å². The number of anilines is 2. The number of hydrogen-bond acceptors (Lipinski definition) is 2. The van der Waals surface area contributed by atoms with Crippen LogP contribution in [-0.4, -0.2) is 36.9 Å². The van der Waals surface area contributed by atoms with Gasteiger partial charge in [-0.2, -0.15) is 0 Å². The number of primary amides is 2. The van der Waals surface area contributed by atoms with Crippen LogP contribution in [0.25, 0.3) is 0 Å². The summed E-state index contributed by atoms with van der Waals surface area (Å²) in [6.45, 7) is 2.37. The molecule has 0 heterocycles. The molecule has 1 aromatic carbocycles. The zero-order valence-corrected chi connectivity index (χ0v) is 13.2. The molecule has 0 unspecified atom stereocenters. The van der Waals surface area contributed by atoms with E-state index < -0.39 is 12.1 Å². The highest BCUT2D eigenvalue weighted by atomic mass is 35.5. The number of nitrogens with two attached hydrogens (primary N) is 2. The molecule has 0 saturated carbocycles. The minimum absolute atomic E-state index is 0.243. The van der Waals surface area contributed by atoms with Crippen molar-refractivity contribution in [3.05, 3.63) is 23.8 Å². The molecule has 6 nitrogen and oxygen atoms in total. The maximum Gasteiger partial charge on any atom is 0.319 e. The molecule has 0 aromatic heterocycles. The van der Waals surface area contributed by atoms with Gasteiger partial charge in [-0.1, -0.05) is 6.07 Å². The number of carbonyl (C=O) groups is 2. The van der Waals surface area contributed by atoms with Crippen molar-refractivity contribution in [1.29, 1.82) is 0 Å². The van der Waals surface area contributed by atoms with Crippen LogP contribution >= 0.6 is 23.2 Å². The Morgan fingerprint density at radius 3 is 2.05 bits per heavy atom. The number of aryl methyl sites for hydroxylation is 1. The average molecular weight is 333 g/mol. The molecule has 116 valence electrons. The van der Waals surface area contributed by atoms with E-state index >= 15 is 0 Å². The number of halogens is 2. The molecule has 1 rings (SSSR count). The second kappa shape index (κ2) is 7.95. The molecule has 0 aliphatic carbocycles. The Labute approximate surface area is 133 Å². The number of urea groups is 2. The van der Waals surface area contributed by atoms with Crippen LogP contribution < -0.4 is 21.3 Å².